The van der Waals surface area contributed by atoms with E-state index < -0.39 is 35.6 Å². The minimum atomic E-state index is -1.02. The number of nitrogens with one attached hydrogen (secondary N) is 1. The molecule has 2 N–H and O–H groups in total. The molecule has 182 valence electrons. The first kappa shape index (κ1) is 25.4. The summed E-state index contributed by atoms with van der Waals surface area (Å²) in [6.45, 7) is 6.59. The Kier molecular flexibility index (Phi) is 8.60. The molecule has 2 unspecified atom stereocenters. The number of esters is 1. The molecule has 2 amide bonds. The van der Waals surface area contributed by atoms with Crippen LogP contribution in [0.15, 0.2) is 0 Å². The summed E-state index contributed by atoms with van der Waals surface area (Å²) in [5, 5.41) is 12.1. The van der Waals surface area contributed by atoms with E-state index in [9.17, 15) is 14.4 Å². The predicted molar refractivity (Wildman–Crippen MR) is 122 cm³/mol. The van der Waals surface area contributed by atoms with Crippen molar-refractivity contribution in [3.63, 3.8) is 0 Å². The van der Waals surface area contributed by atoms with Crippen molar-refractivity contribution in [1.29, 1.82) is 0 Å². The molecule has 0 radical (unpaired) electrons. The summed E-state index contributed by atoms with van der Waals surface area (Å²) in [6, 6.07) is -0.773. The molecule has 7 atom stereocenters. The van der Waals surface area contributed by atoms with Gasteiger partial charge in [0.2, 0.25) is 11.8 Å². The third-order valence-electron chi connectivity index (χ3n) is 7.01. The van der Waals surface area contributed by atoms with Crippen LogP contribution in [0.2, 0.25) is 0 Å². The van der Waals surface area contributed by atoms with Crippen LogP contribution in [0, 0.1) is 11.8 Å². The molecule has 2 bridgehead atoms. The van der Waals surface area contributed by atoms with Gasteiger partial charge in [-0.1, -0.05) is 42.1 Å². The first-order valence-electron chi connectivity index (χ1n) is 12.0. The highest BCUT2D eigenvalue weighted by molar-refractivity contribution is 9.09. The highest BCUT2D eigenvalue weighted by Crippen LogP contribution is 2.60. The van der Waals surface area contributed by atoms with Gasteiger partial charge in [-0.25, -0.2) is 0 Å². The van der Waals surface area contributed by atoms with Crippen molar-refractivity contribution in [2.75, 3.05) is 19.8 Å². The molecule has 0 aromatic rings. The second-order valence-corrected chi connectivity index (χ2v) is 10.5. The van der Waals surface area contributed by atoms with Gasteiger partial charge in [0.1, 0.15) is 11.6 Å². The summed E-state index contributed by atoms with van der Waals surface area (Å²) < 4.78 is 11.7. The van der Waals surface area contributed by atoms with Gasteiger partial charge in [-0.05, 0) is 39.5 Å². The molecule has 3 rings (SSSR count). The Hall–Kier alpha value is -1.19. The second kappa shape index (κ2) is 10.8. The quantitative estimate of drug-likeness (QED) is 0.234. The fraction of sp³-hybridized carbons (Fsp3) is 0.870. The van der Waals surface area contributed by atoms with E-state index in [0.717, 1.165) is 38.5 Å². The highest BCUT2D eigenvalue weighted by Gasteiger charge is 2.76. The molecule has 1 spiro atoms. The first-order chi connectivity index (χ1) is 15.3. The number of ether oxygens (including phenoxy) is 2. The lowest BCUT2D eigenvalue weighted by atomic mass is 9.70. The number of hydrogen-bond acceptors (Lipinski definition) is 6. The molecule has 9 heteroatoms. The van der Waals surface area contributed by atoms with Crippen LogP contribution in [-0.4, -0.2) is 76.2 Å². The van der Waals surface area contributed by atoms with Crippen LogP contribution >= 0.6 is 15.9 Å². The zero-order chi connectivity index (χ0) is 23.5. The standard InChI is InChI=1S/C23H37BrN2O6/c1-4-10-14(3)25-20(28)19-23-13-15(24)18(32-23)16(22(30)31-5-2)17(23)21(29)26(19)11-8-6-7-9-12-27/h14-19,27H,4-13H2,1-3H3,(H,25,28)/t14?,15?,16-,17+,18-,19-,23+/m1/s1. The Balaban J connectivity index is 1.88. The Morgan fingerprint density at radius 1 is 1.31 bits per heavy atom. The molecule has 0 saturated carbocycles. The Labute approximate surface area is 198 Å². The van der Waals surface area contributed by atoms with Gasteiger partial charge in [-0.2, -0.15) is 0 Å². The number of carbonyl (C=O) groups excluding carboxylic acids is 3. The lowest BCUT2D eigenvalue weighted by Gasteiger charge is -2.34. The summed E-state index contributed by atoms with van der Waals surface area (Å²) in [5.74, 6) is -2.22. The van der Waals surface area contributed by atoms with E-state index >= 15 is 0 Å². The number of likely N-dealkylation sites (tertiary alicyclic amines) is 1. The Morgan fingerprint density at radius 3 is 2.69 bits per heavy atom. The minimum absolute atomic E-state index is 0.0105. The third-order valence-corrected chi connectivity index (χ3v) is 7.86. The van der Waals surface area contributed by atoms with E-state index in [-0.39, 0.29) is 35.9 Å². The maximum Gasteiger partial charge on any atom is 0.312 e. The average Bonchev–Trinajstić information content (AvgIpc) is 3.32. The molecular formula is C23H37BrN2O6. The van der Waals surface area contributed by atoms with Crippen LogP contribution < -0.4 is 5.32 Å². The number of aliphatic hydroxyl groups excluding tert-OH is 1. The molecule has 32 heavy (non-hydrogen) atoms. The second-order valence-electron chi connectivity index (χ2n) is 9.28. The molecule has 3 aliphatic heterocycles. The molecule has 0 aromatic heterocycles. The lowest BCUT2D eigenvalue weighted by molar-refractivity contribution is -0.154. The third kappa shape index (κ3) is 4.57. The van der Waals surface area contributed by atoms with Gasteiger partial charge in [0.15, 0.2) is 0 Å². The number of nitrogens with zero attached hydrogens (tertiary/aromatic N) is 1. The molecule has 0 aromatic carbocycles. The number of aliphatic hydroxyl groups is 1. The molecule has 3 fully saturated rings. The maximum atomic E-state index is 13.6. The number of unbranched alkanes of at least 4 members (excludes halogenated alkanes) is 3. The number of carbonyl (C=O) groups is 3. The minimum Gasteiger partial charge on any atom is -0.466 e. The van der Waals surface area contributed by atoms with Crippen molar-refractivity contribution in [1.82, 2.24) is 10.2 Å². The molecule has 0 aliphatic carbocycles. The SMILES string of the molecule is CCCC(C)NC(=O)[C@H]1N(CCCCCCO)C(=O)[C@@H]2[C@@H](C(=O)OCC)[C@@H]3O[C@@]21CC3Br. The van der Waals surface area contributed by atoms with E-state index in [4.69, 9.17) is 14.6 Å². The summed E-state index contributed by atoms with van der Waals surface area (Å²) in [6.07, 6.45) is 5.00. The zero-order valence-electron chi connectivity index (χ0n) is 19.3. The van der Waals surface area contributed by atoms with Crippen molar-refractivity contribution >= 4 is 33.7 Å². The highest BCUT2D eigenvalue weighted by atomic mass is 79.9. The average molecular weight is 517 g/mol. The van der Waals surface area contributed by atoms with Gasteiger partial charge in [-0.3, -0.25) is 14.4 Å². The number of halogens is 1. The van der Waals surface area contributed by atoms with Gasteiger partial charge in [-0.15, -0.1) is 0 Å². The predicted octanol–water partition coefficient (Wildman–Crippen LogP) is 2.15. The topological polar surface area (TPSA) is 105 Å². The van der Waals surface area contributed by atoms with Gasteiger partial charge in [0, 0.05) is 24.0 Å². The summed E-state index contributed by atoms with van der Waals surface area (Å²) in [5.41, 5.74) is -1.02. The van der Waals surface area contributed by atoms with Crippen molar-refractivity contribution in [2.45, 2.75) is 94.3 Å². The fourth-order valence-corrected chi connectivity index (χ4v) is 6.70. The largest absolute Gasteiger partial charge is 0.466 e. The van der Waals surface area contributed by atoms with Crippen molar-refractivity contribution in [3.8, 4) is 0 Å². The molecule has 3 saturated heterocycles. The van der Waals surface area contributed by atoms with Crippen LogP contribution in [0.5, 0.6) is 0 Å². The van der Waals surface area contributed by atoms with E-state index in [1.165, 1.54) is 0 Å². The monoisotopic (exact) mass is 516 g/mol. The number of amides is 2. The molecular weight excluding hydrogens is 480 g/mol. The van der Waals surface area contributed by atoms with Crippen LogP contribution in [0.25, 0.3) is 0 Å². The van der Waals surface area contributed by atoms with Gasteiger partial charge >= 0.3 is 5.97 Å². The maximum absolute atomic E-state index is 13.6. The molecule has 3 heterocycles. The Bertz CT molecular complexity index is 706. The smallest absolute Gasteiger partial charge is 0.312 e. The van der Waals surface area contributed by atoms with E-state index in [0.29, 0.717) is 13.0 Å². The molecule has 8 nitrogen and oxygen atoms in total. The van der Waals surface area contributed by atoms with E-state index in [1.807, 2.05) is 6.92 Å². The normalized spacial score (nSPS) is 34.0. The van der Waals surface area contributed by atoms with Crippen LogP contribution in [-0.2, 0) is 23.9 Å². The zero-order valence-corrected chi connectivity index (χ0v) is 20.9. The number of alkyl halides is 1. The number of fused-ring (bicyclic) bond motifs is 1. The molecule has 3 aliphatic rings. The van der Waals surface area contributed by atoms with E-state index in [1.54, 1.807) is 11.8 Å². The van der Waals surface area contributed by atoms with Crippen molar-refractivity contribution in [2.24, 2.45) is 11.8 Å². The first-order valence-corrected chi connectivity index (χ1v) is 12.9. The van der Waals surface area contributed by atoms with Crippen molar-refractivity contribution < 1.29 is 29.0 Å². The fourth-order valence-electron chi connectivity index (χ4n) is 5.75. The number of hydrogen-bond donors (Lipinski definition) is 2. The summed E-state index contributed by atoms with van der Waals surface area (Å²) >= 11 is 3.64. The lowest BCUT2D eigenvalue weighted by Crippen LogP contribution is -2.57. The van der Waals surface area contributed by atoms with Crippen LogP contribution in [0.3, 0.4) is 0 Å². The van der Waals surface area contributed by atoms with Gasteiger partial charge in [0.05, 0.1) is 24.5 Å². The van der Waals surface area contributed by atoms with Crippen molar-refractivity contribution in [3.05, 3.63) is 0 Å². The summed E-state index contributed by atoms with van der Waals surface area (Å²) in [7, 11) is 0. The summed E-state index contributed by atoms with van der Waals surface area (Å²) in [4.78, 5) is 41.5. The van der Waals surface area contributed by atoms with Crippen LogP contribution in [0.4, 0.5) is 0 Å². The van der Waals surface area contributed by atoms with Gasteiger partial charge < -0.3 is 24.8 Å². The van der Waals surface area contributed by atoms with E-state index in [2.05, 4.69) is 28.2 Å². The van der Waals surface area contributed by atoms with Gasteiger partial charge in [0.25, 0.3) is 0 Å². The van der Waals surface area contributed by atoms with Crippen LogP contribution in [0.1, 0.15) is 65.7 Å². The Morgan fingerprint density at radius 2 is 2.03 bits per heavy atom. The number of rotatable bonds is 12.